The molecule has 108 valence electrons. The zero-order chi connectivity index (χ0) is 14.9. The van der Waals surface area contributed by atoms with Crippen molar-refractivity contribution in [3.63, 3.8) is 0 Å². The van der Waals surface area contributed by atoms with Gasteiger partial charge in [0.1, 0.15) is 12.7 Å². The van der Waals surface area contributed by atoms with Crippen molar-refractivity contribution >= 4 is 22.5 Å². The number of rotatable bonds is 3. The number of halogens is 1. The minimum Gasteiger partial charge on any atom is -0.341 e. The fourth-order valence-electron chi connectivity index (χ4n) is 2.43. The van der Waals surface area contributed by atoms with Gasteiger partial charge in [0, 0.05) is 29.5 Å². The molecule has 0 aliphatic carbocycles. The predicted octanol–water partition coefficient (Wildman–Crippen LogP) is 2.71. The fraction of sp³-hybridized carbons (Fsp3) is 0.0667. The molecule has 4 aromatic rings. The Hall–Kier alpha value is -2.73. The highest BCUT2D eigenvalue weighted by atomic mass is 35.5. The van der Waals surface area contributed by atoms with Gasteiger partial charge in [-0.15, -0.1) is 0 Å². The Bertz CT molecular complexity index is 928. The lowest BCUT2D eigenvalue weighted by Crippen LogP contribution is -2.02. The van der Waals surface area contributed by atoms with Crippen LogP contribution in [0.3, 0.4) is 0 Å². The average molecular weight is 311 g/mol. The molecule has 4 rings (SSSR count). The van der Waals surface area contributed by atoms with E-state index in [2.05, 4.69) is 42.8 Å². The Kier molecular flexibility index (Phi) is 3.08. The second kappa shape index (κ2) is 5.23. The summed E-state index contributed by atoms with van der Waals surface area (Å²) in [6.07, 6.45) is 8.45. The van der Waals surface area contributed by atoms with Crippen molar-refractivity contribution < 1.29 is 0 Å². The van der Waals surface area contributed by atoms with Gasteiger partial charge in [0.25, 0.3) is 0 Å². The molecule has 1 aromatic carbocycles. The van der Waals surface area contributed by atoms with Gasteiger partial charge in [-0.1, -0.05) is 11.6 Å². The van der Waals surface area contributed by atoms with Gasteiger partial charge in [-0.05, 0) is 24.3 Å². The van der Waals surface area contributed by atoms with Gasteiger partial charge in [0.15, 0.2) is 5.15 Å². The number of hydrogen-bond acceptors (Lipinski definition) is 4. The molecule has 0 aliphatic rings. The first kappa shape index (κ1) is 13.0. The smallest absolute Gasteiger partial charge is 0.152 e. The van der Waals surface area contributed by atoms with Crippen molar-refractivity contribution in [3.05, 3.63) is 66.4 Å². The van der Waals surface area contributed by atoms with E-state index in [9.17, 15) is 0 Å². The molecule has 22 heavy (non-hydrogen) atoms. The summed E-state index contributed by atoms with van der Waals surface area (Å²) in [5.41, 5.74) is 2.83. The predicted molar refractivity (Wildman–Crippen MR) is 83.0 cm³/mol. The molecule has 0 fully saturated rings. The summed E-state index contributed by atoms with van der Waals surface area (Å²) in [7, 11) is 0. The lowest BCUT2D eigenvalue weighted by molar-refractivity contribution is 0.800. The van der Waals surface area contributed by atoms with Crippen LogP contribution >= 0.6 is 11.6 Å². The van der Waals surface area contributed by atoms with Crippen LogP contribution in [0.1, 0.15) is 5.69 Å². The number of aromatic nitrogens is 6. The minimum absolute atomic E-state index is 0.434. The van der Waals surface area contributed by atoms with Crippen molar-refractivity contribution in [2.75, 3.05) is 0 Å². The van der Waals surface area contributed by atoms with E-state index in [-0.39, 0.29) is 0 Å². The summed E-state index contributed by atoms with van der Waals surface area (Å²) >= 11 is 6.08. The minimum atomic E-state index is 0.434. The van der Waals surface area contributed by atoms with E-state index >= 15 is 0 Å². The Morgan fingerprint density at radius 1 is 1.09 bits per heavy atom. The Morgan fingerprint density at radius 3 is 2.82 bits per heavy atom. The van der Waals surface area contributed by atoms with E-state index < -0.39 is 0 Å². The van der Waals surface area contributed by atoms with Gasteiger partial charge in [-0.25, -0.2) is 14.6 Å². The summed E-state index contributed by atoms with van der Waals surface area (Å²) < 4.78 is 3.83. The molecule has 0 radical (unpaired) electrons. The number of benzene rings is 1. The Labute approximate surface area is 131 Å². The van der Waals surface area contributed by atoms with Crippen LogP contribution in [-0.2, 0) is 6.54 Å². The molecule has 0 bridgehead atoms. The van der Waals surface area contributed by atoms with Gasteiger partial charge >= 0.3 is 0 Å². The van der Waals surface area contributed by atoms with Crippen LogP contribution in [0.5, 0.6) is 0 Å². The molecule has 0 spiro atoms. The molecule has 0 atom stereocenters. The normalized spacial score (nSPS) is 11.1. The lowest BCUT2D eigenvalue weighted by atomic mass is 10.2. The van der Waals surface area contributed by atoms with Crippen LogP contribution in [0.4, 0.5) is 0 Å². The first-order chi connectivity index (χ1) is 10.8. The summed E-state index contributed by atoms with van der Waals surface area (Å²) in [6.45, 7) is 0.582. The highest BCUT2D eigenvalue weighted by molar-refractivity contribution is 6.29. The van der Waals surface area contributed by atoms with E-state index in [4.69, 9.17) is 11.6 Å². The van der Waals surface area contributed by atoms with Crippen LogP contribution in [0.25, 0.3) is 16.6 Å². The monoisotopic (exact) mass is 310 g/mol. The second-order valence-electron chi connectivity index (χ2n) is 4.82. The topological polar surface area (TPSA) is 61.4 Å². The number of hydrogen-bond donors (Lipinski definition) is 0. The lowest BCUT2D eigenvalue weighted by Gasteiger charge is -2.07. The third-order valence-electron chi connectivity index (χ3n) is 3.48. The molecule has 0 unspecified atom stereocenters. The molecular weight excluding hydrogens is 300 g/mol. The molecule has 0 saturated carbocycles. The highest BCUT2D eigenvalue weighted by Crippen LogP contribution is 2.21. The molecule has 0 saturated heterocycles. The Balaban J connectivity index is 1.73. The molecule has 0 amide bonds. The first-order valence-corrected chi connectivity index (χ1v) is 7.08. The van der Waals surface area contributed by atoms with Gasteiger partial charge in [-0.2, -0.15) is 5.10 Å². The summed E-state index contributed by atoms with van der Waals surface area (Å²) in [5, 5.41) is 5.69. The maximum Gasteiger partial charge on any atom is 0.152 e. The van der Waals surface area contributed by atoms with Crippen molar-refractivity contribution in [3.8, 4) is 5.69 Å². The second-order valence-corrected chi connectivity index (χ2v) is 5.18. The molecule has 0 N–H and O–H groups in total. The van der Waals surface area contributed by atoms with Crippen LogP contribution in [0.15, 0.2) is 55.5 Å². The molecule has 3 heterocycles. The van der Waals surface area contributed by atoms with Gasteiger partial charge < -0.3 is 4.57 Å². The van der Waals surface area contributed by atoms with E-state index in [0.29, 0.717) is 11.7 Å². The van der Waals surface area contributed by atoms with Crippen molar-refractivity contribution in [2.24, 2.45) is 0 Å². The zero-order valence-electron chi connectivity index (χ0n) is 11.5. The third kappa shape index (κ3) is 2.23. The van der Waals surface area contributed by atoms with Crippen LogP contribution in [-0.4, -0.2) is 29.3 Å². The Morgan fingerprint density at radius 2 is 2.00 bits per heavy atom. The molecular formula is C15H11ClN6. The van der Waals surface area contributed by atoms with E-state index in [1.54, 1.807) is 23.4 Å². The van der Waals surface area contributed by atoms with Crippen molar-refractivity contribution in [2.45, 2.75) is 6.54 Å². The standard InChI is InChI=1S/C15H11ClN6/c16-15-13(18-4-5-19-15)8-21-6-3-11-7-12(1-2-14(11)21)22-10-17-9-20-22/h1-7,9-10H,8H2. The van der Waals surface area contributed by atoms with Gasteiger partial charge in [-0.3, -0.25) is 4.98 Å². The third-order valence-corrected chi connectivity index (χ3v) is 3.80. The molecule has 3 aromatic heterocycles. The zero-order valence-corrected chi connectivity index (χ0v) is 12.2. The maximum absolute atomic E-state index is 6.08. The maximum atomic E-state index is 6.08. The quantitative estimate of drug-likeness (QED) is 0.584. The van der Waals surface area contributed by atoms with Crippen LogP contribution in [0, 0.1) is 0 Å². The number of fused-ring (bicyclic) bond motifs is 1. The summed E-state index contributed by atoms with van der Waals surface area (Å²) in [4.78, 5) is 12.3. The molecule has 6 nitrogen and oxygen atoms in total. The summed E-state index contributed by atoms with van der Waals surface area (Å²) in [5.74, 6) is 0. The van der Waals surface area contributed by atoms with E-state index in [0.717, 1.165) is 22.3 Å². The van der Waals surface area contributed by atoms with Crippen LogP contribution in [0.2, 0.25) is 5.15 Å². The van der Waals surface area contributed by atoms with Gasteiger partial charge in [0.05, 0.1) is 17.9 Å². The van der Waals surface area contributed by atoms with Gasteiger partial charge in [0.2, 0.25) is 0 Å². The van der Waals surface area contributed by atoms with E-state index in [1.165, 1.54) is 6.33 Å². The highest BCUT2D eigenvalue weighted by Gasteiger charge is 2.07. The average Bonchev–Trinajstić information content (AvgIpc) is 3.19. The van der Waals surface area contributed by atoms with Crippen molar-refractivity contribution in [1.82, 2.24) is 29.3 Å². The largest absolute Gasteiger partial charge is 0.341 e. The first-order valence-electron chi connectivity index (χ1n) is 6.70. The molecule has 0 aliphatic heterocycles. The number of nitrogens with zero attached hydrogens (tertiary/aromatic N) is 6. The fourth-order valence-corrected chi connectivity index (χ4v) is 2.59. The summed E-state index contributed by atoms with van der Waals surface area (Å²) in [6, 6.07) is 8.18. The molecule has 7 heteroatoms. The van der Waals surface area contributed by atoms with Crippen LogP contribution < -0.4 is 0 Å². The SMILES string of the molecule is Clc1nccnc1Cn1ccc2cc(-n3cncn3)ccc21. The van der Waals surface area contributed by atoms with E-state index in [1.807, 2.05) is 12.3 Å². The van der Waals surface area contributed by atoms with Crippen molar-refractivity contribution in [1.29, 1.82) is 0 Å².